The average Bonchev–Trinajstić information content (AvgIpc) is 3.20. The lowest BCUT2D eigenvalue weighted by Crippen LogP contribution is -2.50. The number of nitrogens with zero attached hydrogens (tertiary/aromatic N) is 6. The quantitative estimate of drug-likeness (QED) is 0.667. The molecule has 0 atom stereocenters. The fourth-order valence-corrected chi connectivity index (χ4v) is 4.72. The summed E-state index contributed by atoms with van der Waals surface area (Å²) in [5.74, 6) is -0.0262. The van der Waals surface area contributed by atoms with E-state index in [0.717, 1.165) is 56.4 Å². The molecular formula is C20H30N6O4. The zero-order valence-corrected chi connectivity index (χ0v) is 17.9. The molecule has 4 heterocycles. The van der Waals surface area contributed by atoms with E-state index in [4.69, 9.17) is 4.74 Å². The maximum absolute atomic E-state index is 12.9. The molecule has 0 spiro atoms. The van der Waals surface area contributed by atoms with Crippen molar-refractivity contribution in [2.24, 2.45) is 14.1 Å². The third kappa shape index (κ3) is 3.69. The molecule has 10 heteroatoms. The fraction of sp³-hybridized carbons (Fsp3) is 0.700. The van der Waals surface area contributed by atoms with Crippen molar-refractivity contribution in [3.8, 4) is 0 Å². The number of piperidine rings is 2. The summed E-state index contributed by atoms with van der Waals surface area (Å²) in [4.78, 5) is 46.1. The van der Waals surface area contributed by atoms with Crippen LogP contribution in [-0.4, -0.2) is 79.8 Å². The maximum Gasteiger partial charge on any atom is 0.332 e. The van der Waals surface area contributed by atoms with E-state index in [1.807, 2.05) is 4.90 Å². The van der Waals surface area contributed by atoms with E-state index >= 15 is 0 Å². The van der Waals surface area contributed by atoms with Gasteiger partial charge >= 0.3 is 5.69 Å². The Morgan fingerprint density at radius 3 is 2.37 bits per heavy atom. The van der Waals surface area contributed by atoms with Gasteiger partial charge in [0.15, 0.2) is 11.2 Å². The summed E-state index contributed by atoms with van der Waals surface area (Å²) in [6.45, 7) is 3.60. The van der Waals surface area contributed by atoms with Crippen LogP contribution in [0.5, 0.6) is 0 Å². The van der Waals surface area contributed by atoms with Crippen molar-refractivity contribution in [1.82, 2.24) is 28.5 Å². The molecule has 2 fully saturated rings. The number of hydrogen-bond acceptors (Lipinski definition) is 6. The Hall–Kier alpha value is -2.46. The lowest BCUT2D eigenvalue weighted by molar-refractivity contribution is -0.133. The zero-order valence-electron chi connectivity index (χ0n) is 17.9. The Labute approximate surface area is 174 Å². The molecule has 2 aromatic heterocycles. The van der Waals surface area contributed by atoms with E-state index in [9.17, 15) is 14.4 Å². The molecule has 0 bridgehead atoms. The Kier molecular flexibility index (Phi) is 5.79. The van der Waals surface area contributed by atoms with Gasteiger partial charge < -0.3 is 19.1 Å². The molecule has 0 aliphatic carbocycles. The van der Waals surface area contributed by atoms with Gasteiger partial charge in [-0.15, -0.1) is 0 Å². The highest BCUT2D eigenvalue weighted by atomic mass is 16.5. The van der Waals surface area contributed by atoms with Gasteiger partial charge in [-0.3, -0.25) is 18.7 Å². The SMILES string of the molecule is COC1CCN(C2CCN(C(=O)Cn3cnc4c3c(=O)n(C)c(=O)n4C)CC2)CC1. The molecule has 0 N–H and O–H groups in total. The molecule has 2 saturated heterocycles. The van der Waals surface area contributed by atoms with E-state index in [-0.39, 0.29) is 18.0 Å². The second kappa shape index (κ2) is 8.35. The van der Waals surface area contributed by atoms with E-state index < -0.39 is 11.2 Å². The van der Waals surface area contributed by atoms with Crippen molar-refractivity contribution in [3.05, 3.63) is 27.2 Å². The zero-order chi connectivity index (χ0) is 21.4. The van der Waals surface area contributed by atoms with Gasteiger partial charge in [-0.1, -0.05) is 0 Å². The third-order valence-corrected chi connectivity index (χ3v) is 6.67. The van der Waals surface area contributed by atoms with Gasteiger partial charge in [0, 0.05) is 53.4 Å². The molecule has 30 heavy (non-hydrogen) atoms. The van der Waals surface area contributed by atoms with E-state index in [1.54, 1.807) is 18.7 Å². The van der Waals surface area contributed by atoms with Gasteiger partial charge in [-0.05, 0) is 25.7 Å². The Morgan fingerprint density at radius 1 is 1.07 bits per heavy atom. The number of likely N-dealkylation sites (tertiary alicyclic amines) is 2. The summed E-state index contributed by atoms with van der Waals surface area (Å²) >= 11 is 0. The Morgan fingerprint density at radius 2 is 1.73 bits per heavy atom. The minimum absolute atomic E-state index is 0.0262. The number of ether oxygens (including phenoxy) is 1. The molecule has 2 aliphatic rings. The number of aryl methyl sites for hydroxylation is 1. The first-order chi connectivity index (χ1) is 14.4. The molecule has 2 aliphatic heterocycles. The summed E-state index contributed by atoms with van der Waals surface area (Å²) in [7, 11) is 4.79. The smallest absolute Gasteiger partial charge is 0.332 e. The molecule has 1 amide bonds. The van der Waals surface area contributed by atoms with Crippen LogP contribution in [0.25, 0.3) is 11.2 Å². The van der Waals surface area contributed by atoms with Crippen molar-refractivity contribution in [1.29, 1.82) is 0 Å². The van der Waals surface area contributed by atoms with Crippen molar-refractivity contribution in [2.45, 2.75) is 44.4 Å². The van der Waals surface area contributed by atoms with Crippen molar-refractivity contribution in [3.63, 3.8) is 0 Å². The van der Waals surface area contributed by atoms with Gasteiger partial charge in [-0.25, -0.2) is 9.78 Å². The van der Waals surface area contributed by atoms with Crippen molar-refractivity contribution in [2.75, 3.05) is 33.3 Å². The van der Waals surface area contributed by atoms with E-state index in [1.165, 1.54) is 17.9 Å². The van der Waals surface area contributed by atoms with Crippen molar-refractivity contribution >= 4 is 17.1 Å². The highest BCUT2D eigenvalue weighted by molar-refractivity contribution is 5.79. The Bertz CT molecular complexity index is 1040. The van der Waals surface area contributed by atoms with E-state index in [0.29, 0.717) is 17.8 Å². The Balaban J connectivity index is 1.40. The second-order valence-corrected chi connectivity index (χ2v) is 8.33. The molecular weight excluding hydrogens is 388 g/mol. The number of imidazole rings is 1. The average molecular weight is 418 g/mol. The summed E-state index contributed by atoms with van der Waals surface area (Å²) < 4.78 is 9.39. The number of carbonyl (C=O) groups is 1. The number of methoxy groups -OCH3 is 1. The minimum atomic E-state index is -0.434. The fourth-order valence-electron chi connectivity index (χ4n) is 4.72. The van der Waals surface area contributed by atoms with Crippen LogP contribution in [0.15, 0.2) is 15.9 Å². The van der Waals surface area contributed by atoms with Gasteiger partial charge in [0.1, 0.15) is 6.54 Å². The molecule has 2 aromatic rings. The van der Waals surface area contributed by atoms with Crippen LogP contribution >= 0.6 is 0 Å². The topological polar surface area (TPSA) is 94.6 Å². The molecule has 0 saturated carbocycles. The monoisotopic (exact) mass is 418 g/mol. The molecule has 164 valence electrons. The first kappa shape index (κ1) is 20.8. The van der Waals surface area contributed by atoms with Crippen LogP contribution in [0.2, 0.25) is 0 Å². The first-order valence-corrected chi connectivity index (χ1v) is 10.6. The van der Waals surface area contributed by atoms with Gasteiger partial charge in [0.25, 0.3) is 5.56 Å². The maximum atomic E-state index is 12.9. The molecule has 4 rings (SSSR count). The minimum Gasteiger partial charge on any atom is -0.381 e. The number of carbonyl (C=O) groups excluding carboxylic acids is 1. The molecule has 0 aromatic carbocycles. The number of fused-ring (bicyclic) bond motifs is 1. The van der Waals surface area contributed by atoms with Gasteiger partial charge in [-0.2, -0.15) is 0 Å². The lowest BCUT2D eigenvalue weighted by atomic mass is 9.99. The predicted octanol–water partition coefficient (Wildman–Crippen LogP) is -0.464. The van der Waals surface area contributed by atoms with Crippen LogP contribution in [0, 0.1) is 0 Å². The first-order valence-electron chi connectivity index (χ1n) is 10.6. The standard InChI is InChI=1S/C20H30N6O4/c1-22-18-17(19(28)23(2)20(22)29)26(13-21-18)12-16(27)25-8-4-14(5-9-25)24-10-6-15(30-3)7-11-24/h13-15H,4-12H2,1-3H3. The molecule has 0 unspecified atom stereocenters. The number of rotatable bonds is 4. The van der Waals surface area contributed by atoms with Crippen molar-refractivity contribution < 1.29 is 9.53 Å². The summed E-state index contributed by atoms with van der Waals surface area (Å²) in [5, 5.41) is 0. The third-order valence-electron chi connectivity index (χ3n) is 6.67. The number of amides is 1. The van der Waals surface area contributed by atoms with Crippen LogP contribution < -0.4 is 11.2 Å². The molecule has 0 radical (unpaired) electrons. The number of aromatic nitrogens is 4. The summed E-state index contributed by atoms with van der Waals surface area (Å²) in [6, 6.07) is 0.516. The van der Waals surface area contributed by atoms with Crippen LogP contribution in [0.1, 0.15) is 25.7 Å². The second-order valence-electron chi connectivity index (χ2n) is 8.33. The predicted molar refractivity (Wildman–Crippen MR) is 111 cm³/mol. The summed E-state index contributed by atoms with van der Waals surface area (Å²) in [6.07, 6.45) is 5.91. The van der Waals surface area contributed by atoms with Crippen LogP contribution in [0.4, 0.5) is 0 Å². The highest BCUT2D eigenvalue weighted by Gasteiger charge is 2.30. The number of hydrogen-bond donors (Lipinski definition) is 0. The largest absolute Gasteiger partial charge is 0.381 e. The van der Waals surface area contributed by atoms with Gasteiger partial charge in [0.2, 0.25) is 5.91 Å². The highest BCUT2D eigenvalue weighted by Crippen LogP contribution is 2.22. The van der Waals surface area contributed by atoms with Crippen LogP contribution in [0.3, 0.4) is 0 Å². The molecule has 10 nitrogen and oxygen atoms in total. The van der Waals surface area contributed by atoms with Gasteiger partial charge in [0.05, 0.1) is 12.4 Å². The van der Waals surface area contributed by atoms with E-state index in [2.05, 4.69) is 9.88 Å². The lowest BCUT2D eigenvalue weighted by Gasteiger charge is -2.41. The summed E-state index contributed by atoms with van der Waals surface area (Å²) in [5.41, 5.74) is -0.282. The normalized spacial score (nSPS) is 19.6. The van der Waals surface area contributed by atoms with Crippen LogP contribution in [-0.2, 0) is 30.2 Å².